The Hall–Kier alpha value is -1.13. The van der Waals surface area contributed by atoms with E-state index in [1.54, 1.807) is 14.2 Å². The molecule has 1 unspecified atom stereocenters. The highest BCUT2D eigenvalue weighted by molar-refractivity contribution is 5.42. The van der Waals surface area contributed by atoms with E-state index in [0.29, 0.717) is 12.7 Å². The van der Waals surface area contributed by atoms with E-state index >= 15 is 0 Å². The lowest BCUT2D eigenvalue weighted by Gasteiger charge is -2.14. The molecule has 1 aromatic heterocycles. The molecule has 0 aromatic carbocycles. The van der Waals surface area contributed by atoms with E-state index in [1.165, 1.54) is 5.56 Å². The van der Waals surface area contributed by atoms with Gasteiger partial charge in [-0.1, -0.05) is 0 Å². The summed E-state index contributed by atoms with van der Waals surface area (Å²) >= 11 is 0. The highest BCUT2D eigenvalue weighted by atomic mass is 16.6. The average Bonchev–Trinajstić information content (AvgIpc) is 3.07. The second kappa shape index (κ2) is 4.80. The minimum atomic E-state index is 0.339. The third-order valence-corrected chi connectivity index (χ3v) is 2.74. The number of epoxide rings is 1. The molecule has 0 bridgehead atoms. The van der Waals surface area contributed by atoms with Crippen molar-refractivity contribution in [3.8, 4) is 5.75 Å². The van der Waals surface area contributed by atoms with Gasteiger partial charge in [-0.15, -0.1) is 0 Å². The third kappa shape index (κ3) is 2.33. The van der Waals surface area contributed by atoms with E-state index < -0.39 is 0 Å². The number of hydrogen-bond acceptors (Lipinski definition) is 4. The van der Waals surface area contributed by atoms with Crippen LogP contribution >= 0.6 is 0 Å². The number of methoxy groups -OCH3 is 2. The first-order valence-corrected chi connectivity index (χ1v) is 5.38. The van der Waals surface area contributed by atoms with Crippen LogP contribution in [0.25, 0.3) is 0 Å². The van der Waals surface area contributed by atoms with Crippen LogP contribution in [0.15, 0.2) is 6.20 Å². The maximum absolute atomic E-state index is 5.42. The van der Waals surface area contributed by atoms with Crippen LogP contribution in [0.3, 0.4) is 0 Å². The minimum absolute atomic E-state index is 0.339. The van der Waals surface area contributed by atoms with Crippen molar-refractivity contribution in [3.63, 3.8) is 0 Å². The zero-order valence-electron chi connectivity index (χ0n) is 9.95. The molecule has 0 amide bonds. The van der Waals surface area contributed by atoms with Gasteiger partial charge in [-0.25, -0.2) is 0 Å². The van der Waals surface area contributed by atoms with Gasteiger partial charge in [0, 0.05) is 30.9 Å². The summed E-state index contributed by atoms with van der Waals surface area (Å²) in [6, 6.07) is 0. The van der Waals surface area contributed by atoms with Crippen molar-refractivity contribution in [1.29, 1.82) is 0 Å². The summed E-state index contributed by atoms with van der Waals surface area (Å²) in [6.45, 7) is 3.36. The fourth-order valence-electron chi connectivity index (χ4n) is 1.86. The Morgan fingerprint density at radius 1 is 1.50 bits per heavy atom. The molecule has 1 fully saturated rings. The summed E-state index contributed by atoms with van der Waals surface area (Å²) in [6.07, 6.45) is 3.08. The van der Waals surface area contributed by atoms with Crippen LogP contribution in [0.1, 0.15) is 16.8 Å². The minimum Gasteiger partial charge on any atom is -0.495 e. The lowest BCUT2D eigenvalue weighted by Crippen LogP contribution is -2.06. The second-order valence-corrected chi connectivity index (χ2v) is 3.97. The van der Waals surface area contributed by atoms with Gasteiger partial charge in [0.25, 0.3) is 0 Å². The SMILES string of the molecule is COCc1cnc(C)c(OC)c1CC1CO1. The Kier molecular flexibility index (Phi) is 3.41. The number of hydrogen-bond donors (Lipinski definition) is 0. The molecule has 4 nitrogen and oxygen atoms in total. The van der Waals surface area contributed by atoms with Crippen LogP contribution in [-0.2, 0) is 22.5 Å². The molecule has 2 heterocycles. The molecule has 4 heteroatoms. The van der Waals surface area contributed by atoms with Crippen molar-refractivity contribution in [2.24, 2.45) is 0 Å². The fraction of sp³-hybridized carbons (Fsp3) is 0.583. The number of rotatable bonds is 5. The van der Waals surface area contributed by atoms with Crippen molar-refractivity contribution in [3.05, 3.63) is 23.0 Å². The average molecular weight is 223 g/mol. The van der Waals surface area contributed by atoms with Crippen molar-refractivity contribution >= 4 is 0 Å². The fourth-order valence-corrected chi connectivity index (χ4v) is 1.86. The van der Waals surface area contributed by atoms with Crippen molar-refractivity contribution in [2.75, 3.05) is 20.8 Å². The molecule has 1 aliphatic heterocycles. The lowest BCUT2D eigenvalue weighted by molar-refractivity contribution is 0.183. The molecule has 0 saturated carbocycles. The molecule has 1 saturated heterocycles. The predicted octanol–water partition coefficient (Wildman–Crippen LogP) is 1.49. The normalized spacial score (nSPS) is 18.6. The zero-order chi connectivity index (χ0) is 11.5. The van der Waals surface area contributed by atoms with Crippen molar-refractivity contribution in [2.45, 2.75) is 26.1 Å². The Labute approximate surface area is 95.5 Å². The number of aromatic nitrogens is 1. The summed E-state index contributed by atoms with van der Waals surface area (Å²) < 4.78 is 15.9. The van der Waals surface area contributed by atoms with Crippen LogP contribution in [0.4, 0.5) is 0 Å². The van der Waals surface area contributed by atoms with Gasteiger partial charge in [0.15, 0.2) is 0 Å². The second-order valence-electron chi connectivity index (χ2n) is 3.97. The Bertz CT molecular complexity index is 375. The first kappa shape index (κ1) is 11.4. The highest BCUT2D eigenvalue weighted by Crippen LogP contribution is 2.29. The molecule has 0 aliphatic carbocycles. The first-order chi connectivity index (χ1) is 7.76. The molecule has 1 aromatic rings. The van der Waals surface area contributed by atoms with Gasteiger partial charge < -0.3 is 14.2 Å². The Balaban J connectivity index is 2.34. The summed E-state index contributed by atoms with van der Waals surface area (Å²) in [7, 11) is 3.36. The summed E-state index contributed by atoms with van der Waals surface area (Å²) in [4.78, 5) is 4.31. The third-order valence-electron chi connectivity index (χ3n) is 2.74. The molecule has 0 radical (unpaired) electrons. The van der Waals surface area contributed by atoms with Gasteiger partial charge in [0.1, 0.15) is 5.75 Å². The maximum atomic E-state index is 5.42. The number of aryl methyl sites for hydroxylation is 1. The zero-order valence-corrected chi connectivity index (χ0v) is 9.95. The molecule has 2 rings (SSSR count). The van der Waals surface area contributed by atoms with Gasteiger partial charge >= 0.3 is 0 Å². The number of ether oxygens (including phenoxy) is 3. The molecule has 1 atom stereocenters. The number of nitrogens with zero attached hydrogens (tertiary/aromatic N) is 1. The van der Waals surface area contributed by atoms with Crippen LogP contribution < -0.4 is 4.74 Å². The predicted molar refractivity (Wildman–Crippen MR) is 59.7 cm³/mol. The van der Waals surface area contributed by atoms with Gasteiger partial charge in [0.2, 0.25) is 0 Å². The monoisotopic (exact) mass is 223 g/mol. The summed E-state index contributed by atoms with van der Waals surface area (Å²) in [5.41, 5.74) is 3.16. The molecule has 0 spiro atoms. The Morgan fingerprint density at radius 3 is 2.81 bits per heavy atom. The van der Waals surface area contributed by atoms with Crippen molar-refractivity contribution in [1.82, 2.24) is 4.98 Å². The van der Waals surface area contributed by atoms with Gasteiger partial charge in [-0.05, 0) is 6.92 Å². The molecule has 1 aliphatic rings. The Morgan fingerprint density at radius 2 is 2.25 bits per heavy atom. The van der Waals surface area contributed by atoms with E-state index in [0.717, 1.165) is 30.0 Å². The van der Waals surface area contributed by atoms with Crippen LogP contribution in [0.5, 0.6) is 5.75 Å². The number of pyridine rings is 1. The van der Waals surface area contributed by atoms with Gasteiger partial charge in [-0.3, -0.25) is 4.98 Å². The molecular weight excluding hydrogens is 206 g/mol. The molecule has 88 valence electrons. The van der Waals surface area contributed by atoms with Crippen molar-refractivity contribution < 1.29 is 14.2 Å². The van der Waals surface area contributed by atoms with Crippen LogP contribution in [0.2, 0.25) is 0 Å². The summed E-state index contributed by atoms with van der Waals surface area (Å²) in [5, 5.41) is 0. The van der Waals surface area contributed by atoms with Gasteiger partial charge in [-0.2, -0.15) is 0 Å². The topological polar surface area (TPSA) is 43.9 Å². The van der Waals surface area contributed by atoms with Crippen LogP contribution in [-0.4, -0.2) is 31.9 Å². The van der Waals surface area contributed by atoms with E-state index in [2.05, 4.69) is 4.98 Å². The lowest BCUT2D eigenvalue weighted by atomic mass is 10.0. The first-order valence-electron chi connectivity index (χ1n) is 5.38. The van der Waals surface area contributed by atoms with Crippen LogP contribution in [0, 0.1) is 6.92 Å². The largest absolute Gasteiger partial charge is 0.495 e. The van der Waals surface area contributed by atoms with Gasteiger partial charge in [0.05, 0.1) is 32.1 Å². The molecule has 0 N–H and O–H groups in total. The molecule has 16 heavy (non-hydrogen) atoms. The maximum Gasteiger partial charge on any atom is 0.143 e. The smallest absolute Gasteiger partial charge is 0.143 e. The van der Waals surface area contributed by atoms with E-state index in [4.69, 9.17) is 14.2 Å². The summed E-state index contributed by atoms with van der Waals surface area (Å²) in [5.74, 6) is 0.866. The van der Waals surface area contributed by atoms with E-state index in [-0.39, 0.29) is 0 Å². The van der Waals surface area contributed by atoms with E-state index in [9.17, 15) is 0 Å². The standard InChI is InChI=1S/C12H17NO3/c1-8-12(15-3)11(4-10-7-16-10)9(5-13-8)6-14-2/h5,10H,4,6-7H2,1-3H3. The quantitative estimate of drug-likeness (QED) is 0.709. The van der Waals surface area contributed by atoms with E-state index in [1.807, 2.05) is 13.1 Å². The molecular formula is C12H17NO3. The highest BCUT2D eigenvalue weighted by Gasteiger charge is 2.26.